The summed E-state index contributed by atoms with van der Waals surface area (Å²) in [6, 6.07) is 30.6. The number of amides is 1. The van der Waals surface area contributed by atoms with Crippen LogP contribution in [-0.4, -0.2) is 34.9 Å². The van der Waals surface area contributed by atoms with Crippen molar-refractivity contribution in [2.75, 3.05) is 13.2 Å². The van der Waals surface area contributed by atoms with E-state index in [2.05, 4.69) is 0 Å². The highest BCUT2D eigenvalue weighted by atomic mass is 16.5. The van der Waals surface area contributed by atoms with Crippen LogP contribution in [0.1, 0.15) is 42.1 Å². The highest BCUT2D eigenvalue weighted by Crippen LogP contribution is 2.43. The van der Waals surface area contributed by atoms with E-state index in [1.54, 1.807) is 36.4 Å². The lowest BCUT2D eigenvalue weighted by molar-refractivity contribution is -0.140. The summed E-state index contributed by atoms with van der Waals surface area (Å²) in [5.74, 6) is -0.0152. The third kappa shape index (κ3) is 6.15. The number of ether oxygens (including phenoxy) is 3. The van der Waals surface area contributed by atoms with Gasteiger partial charge in [-0.15, -0.1) is 0 Å². The first-order valence-corrected chi connectivity index (χ1v) is 14.0. The Bertz CT molecular complexity index is 1560. The van der Waals surface area contributed by atoms with Crippen molar-refractivity contribution in [3.05, 3.63) is 131 Å². The lowest BCUT2D eigenvalue weighted by atomic mass is 9.94. The minimum atomic E-state index is -0.848. The molecule has 1 unspecified atom stereocenters. The molecule has 1 heterocycles. The molecule has 5 rings (SSSR count). The molecule has 0 aromatic heterocycles. The molecule has 1 N–H and O–H groups in total. The van der Waals surface area contributed by atoms with Crippen LogP contribution in [0.4, 0.5) is 0 Å². The van der Waals surface area contributed by atoms with E-state index in [1.165, 1.54) is 4.90 Å². The summed E-state index contributed by atoms with van der Waals surface area (Å²) < 4.78 is 17.6. The number of aliphatic hydroxyl groups excluding tert-OH is 1. The minimum absolute atomic E-state index is 0.0143. The predicted molar refractivity (Wildman–Crippen MR) is 160 cm³/mol. The second kappa shape index (κ2) is 13.1. The van der Waals surface area contributed by atoms with Gasteiger partial charge in [-0.2, -0.15) is 0 Å². The van der Waals surface area contributed by atoms with Gasteiger partial charge in [-0.05, 0) is 66.9 Å². The highest BCUT2D eigenvalue weighted by Gasteiger charge is 2.46. The van der Waals surface area contributed by atoms with Gasteiger partial charge in [0.05, 0.1) is 24.8 Å². The Morgan fingerprint density at radius 1 is 0.738 bits per heavy atom. The number of likely N-dealkylation sites (tertiary alicyclic amines) is 1. The fraction of sp³-hybridized carbons (Fsp3) is 0.200. The van der Waals surface area contributed by atoms with E-state index in [4.69, 9.17) is 14.2 Å². The number of nitrogens with zero attached hydrogens (tertiary/aromatic N) is 1. The number of rotatable bonds is 11. The Morgan fingerprint density at radius 2 is 1.38 bits per heavy atom. The van der Waals surface area contributed by atoms with E-state index in [-0.39, 0.29) is 17.9 Å². The Kier molecular flexibility index (Phi) is 8.87. The van der Waals surface area contributed by atoms with Gasteiger partial charge in [-0.1, -0.05) is 66.7 Å². The molecule has 7 heteroatoms. The van der Waals surface area contributed by atoms with Crippen molar-refractivity contribution in [3.8, 4) is 17.2 Å². The summed E-state index contributed by atoms with van der Waals surface area (Å²) in [5, 5.41) is 11.5. The van der Waals surface area contributed by atoms with Crippen LogP contribution in [0.15, 0.2) is 109 Å². The second-order valence-corrected chi connectivity index (χ2v) is 9.78. The molecule has 1 aliphatic heterocycles. The number of carbonyl (C=O) groups is 2. The molecule has 1 aliphatic rings. The first kappa shape index (κ1) is 28.5. The monoisotopic (exact) mass is 563 g/mol. The quantitative estimate of drug-likeness (QED) is 0.124. The third-order valence-corrected chi connectivity index (χ3v) is 6.99. The van der Waals surface area contributed by atoms with E-state index in [1.807, 2.05) is 80.6 Å². The molecule has 0 bridgehead atoms. The first-order valence-electron chi connectivity index (χ1n) is 14.0. The van der Waals surface area contributed by atoms with Crippen molar-refractivity contribution >= 4 is 17.4 Å². The molecular weight excluding hydrogens is 530 g/mol. The molecule has 42 heavy (non-hydrogen) atoms. The van der Waals surface area contributed by atoms with Crippen LogP contribution in [0.3, 0.4) is 0 Å². The lowest BCUT2D eigenvalue weighted by Gasteiger charge is -2.26. The van der Waals surface area contributed by atoms with Gasteiger partial charge in [0.15, 0.2) is 11.5 Å². The average Bonchev–Trinajstić information content (AvgIpc) is 3.26. The van der Waals surface area contributed by atoms with Crippen LogP contribution in [0.5, 0.6) is 17.2 Å². The Hall–Kier alpha value is -5.04. The predicted octanol–water partition coefficient (Wildman–Crippen LogP) is 6.68. The SMILES string of the molecule is CCOc1ccc(C(O)=C2C(=O)C(=O)N(Cc3ccccc3)C2c2ccc(OCc3ccccc3)c(OCC)c2)cc1. The van der Waals surface area contributed by atoms with Gasteiger partial charge in [0, 0.05) is 12.1 Å². The number of Topliss-reactive ketones (excluding diaryl/α,β-unsaturated/α-hetero) is 1. The fourth-order valence-corrected chi connectivity index (χ4v) is 5.02. The molecule has 4 aromatic rings. The molecule has 0 aliphatic carbocycles. The Morgan fingerprint density at radius 3 is 2.02 bits per heavy atom. The van der Waals surface area contributed by atoms with Crippen molar-refractivity contribution in [2.24, 2.45) is 0 Å². The van der Waals surface area contributed by atoms with Gasteiger partial charge in [0.2, 0.25) is 0 Å². The summed E-state index contributed by atoms with van der Waals surface area (Å²) in [6.07, 6.45) is 0. The number of aliphatic hydroxyl groups is 1. The fourth-order valence-electron chi connectivity index (χ4n) is 5.02. The Labute approximate surface area is 245 Å². The maximum Gasteiger partial charge on any atom is 0.295 e. The van der Waals surface area contributed by atoms with E-state index >= 15 is 0 Å². The van der Waals surface area contributed by atoms with Gasteiger partial charge in [-0.3, -0.25) is 9.59 Å². The molecule has 1 amide bonds. The zero-order chi connectivity index (χ0) is 29.5. The van der Waals surface area contributed by atoms with Gasteiger partial charge in [-0.25, -0.2) is 0 Å². The summed E-state index contributed by atoms with van der Waals surface area (Å²) in [4.78, 5) is 28.5. The average molecular weight is 564 g/mol. The molecule has 0 radical (unpaired) electrons. The smallest absolute Gasteiger partial charge is 0.295 e. The van der Waals surface area contributed by atoms with Crippen molar-refractivity contribution in [2.45, 2.75) is 33.0 Å². The van der Waals surface area contributed by atoms with Gasteiger partial charge in [0.1, 0.15) is 18.1 Å². The van der Waals surface area contributed by atoms with Crippen molar-refractivity contribution in [1.82, 2.24) is 4.90 Å². The summed E-state index contributed by atoms with van der Waals surface area (Å²) >= 11 is 0. The third-order valence-electron chi connectivity index (χ3n) is 6.99. The van der Waals surface area contributed by atoms with Crippen molar-refractivity contribution in [1.29, 1.82) is 0 Å². The van der Waals surface area contributed by atoms with Crippen LogP contribution < -0.4 is 14.2 Å². The van der Waals surface area contributed by atoms with Crippen LogP contribution in [0.2, 0.25) is 0 Å². The normalized spacial score (nSPS) is 16.0. The molecular formula is C35H33NO6. The number of hydrogen-bond donors (Lipinski definition) is 1. The minimum Gasteiger partial charge on any atom is -0.507 e. The second-order valence-electron chi connectivity index (χ2n) is 9.78. The van der Waals surface area contributed by atoms with E-state index in [0.717, 1.165) is 11.1 Å². The number of carbonyl (C=O) groups excluding carboxylic acids is 2. The van der Waals surface area contributed by atoms with Gasteiger partial charge < -0.3 is 24.2 Å². The van der Waals surface area contributed by atoms with Crippen LogP contribution in [-0.2, 0) is 22.7 Å². The molecule has 7 nitrogen and oxygen atoms in total. The Balaban J connectivity index is 1.57. The molecule has 0 saturated carbocycles. The topological polar surface area (TPSA) is 85.3 Å². The molecule has 4 aromatic carbocycles. The largest absolute Gasteiger partial charge is 0.507 e. The van der Waals surface area contributed by atoms with Gasteiger partial charge in [0.25, 0.3) is 11.7 Å². The number of ketones is 1. The zero-order valence-corrected chi connectivity index (χ0v) is 23.7. The van der Waals surface area contributed by atoms with Gasteiger partial charge >= 0.3 is 0 Å². The van der Waals surface area contributed by atoms with Crippen molar-refractivity contribution in [3.63, 3.8) is 0 Å². The molecule has 214 valence electrons. The zero-order valence-electron chi connectivity index (χ0n) is 23.7. The molecule has 0 spiro atoms. The highest BCUT2D eigenvalue weighted by molar-refractivity contribution is 6.46. The molecule has 1 fully saturated rings. The standard InChI is InChI=1S/C35H33NO6/c1-3-40-28-18-15-26(16-19-28)33(37)31-32(36(35(39)34(31)38)22-24-11-7-5-8-12-24)27-17-20-29(30(21-27)41-4-2)42-23-25-13-9-6-10-14-25/h5-21,32,37H,3-4,22-23H2,1-2H3. The van der Waals surface area contributed by atoms with Crippen molar-refractivity contribution < 1.29 is 28.9 Å². The molecule has 1 saturated heterocycles. The van der Waals surface area contributed by atoms with E-state index < -0.39 is 17.7 Å². The first-order chi connectivity index (χ1) is 20.5. The summed E-state index contributed by atoms with van der Waals surface area (Å²) in [7, 11) is 0. The molecule has 1 atom stereocenters. The van der Waals surface area contributed by atoms with E-state index in [0.29, 0.717) is 48.2 Å². The van der Waals surface area contributed by atoms with E-state index in [9.17, 15) is 14.7 Å². The maximum atomic E-state index is 13.5. The van der Waals surface area contributed by atoms with Crippen LogP contribution in [0.25, 0.3) is 5.76 Å². The van der Waals surface area contributed by atoms with Crippen LogP contribution >= 0.6 is 0 Å². The number of hydrogen-bond acceptors (Lipinski definition) is 6. The summed E-state index contributed by atoms with van der Waals surface area (Å²) in [6.45, 7) is 5.19. The summed E-state index contributed by atoms with van der Waals surface area (Å²) in [5.41, 5.74) is 2.91. The van der Waals surface area contributed by atoms with Crippen LogP contribution in [0, 0.1) is 0 Å². The number of benzene rings is 4. The lowest BCUT2D eigenvalue weighted by Crippen LogP contribution is -2.29. The maximum absolute atomic E-state index is 13.5.